The van der Waals surface area contributed by atoms with Crippen LogP contribution in [0, 0.1) is 0 Å². The number of hydrogen-bond acceptors (Lipinski definition) is 3. The summed E-state index contributed by atoms with van der Waals surface area (Å²) in [4.78, 5) is 4.45. The predicted octanol–water partition coefficient (Wildman–Crippen LogP) is 4.40. The van der Waals surface area contributed by atoms with Crippen molar-refractivity contribution in [1.82, 2.24) is 10.3 Å². The molecule has 4 heteroatoms. The molecule has 0 amide bonds. The summed E-state index contributed by atoms with van der Waals surface area (Å²) in [6, 6.07) is 15.4. The van der Waals surface area contributed by atoms with Gasteiger partial charge in [0.1, 0.15) is 5.75 Å². The van der Waals surface area contributed by atoms with Gasteiger partial charge in [-0.25, -0.2) is 4.98 Å². The molecule has 0 aliphatic heterocycles. The Labute approximate surface area is 128 Å². The Hall–Kier alpha value is -2.10. The lowest BCUT2D eigenvalue weighted by Gasteiger charge is -2.11. The van der Waals surface area contributed by atoms with Crippen LogP contribution in [0.3, 0.4) is 0 Å². The van der Waals surface area contributed by atoms with Crippen LogP contribution in [0.2, 0.25) is 5.02 Å². The summed E-state index contributed by atoms with van der Waals surface area (Å²) in [6.45, 7) is 0.773. The highest BCUT2D eigenvalue weighted by Gasteiger charge is 2.08. The van der Waals surface area contributed by atoms with Gasteiger partial charge in [0.15, 0.2) is 0 Å². The van der Waals surface area contributed by atoms with E-state index in [0.29, 0.717) is 10.9 Å². The lowest BCUT2D eigenvalue weighted by atomic mass is 10.1. The van der Waals surface area contributed by atoms with Crippen LogP contribution in [0.5, 0.6) is 11.6 Å². The summed E-state index contributed by atoms with van der Waals surface area (Å²) >= 11 is 5.89. The number of rotatable bonds is 4. The highest BCUT2D eigenvalue weighted by Crippen LogP contribution is 2.30. The Bertz CT molecular complexity index is 756. The number of aromatic nitrogens is 1. The molecule has 0 bridgehead atoms. The average Bonchev–Trinajstić information content (AvgIpc) is 2.52. The first kappa shape index (κ1) is 13.9. The third kappa shape index (κ3) is 2.99. The molecule has 1 aromatic heterocycles. The van der Waals surface area contributed by atoms with Gasteiger partial charge < -0.3 is 10.1 Å². The Kier molecular flexibility index (Phi) is 4.04. The van der Waals surface area contributed by atoms with Crippen LogP contribution in [0.15, 0.2) is 54.7 Å². The van der Waals surface area contributed by atoms with E-state index >= 15 is 0 Å². The monoisotopic (exact) mass is 298 g/mol. The lowest BCUT2D eigenvalue weighted by Crippen LogP contribution is -2.06. The van der Waals surface area contributed by atoms with Gasteiger partial charge in [0.05, 0.1) is 0 Å². The van der Waals surface area contributed by atoms with Crippen molar-refractivity contribution in [3.8, 4) is 11.6 Å². The van der Waals surface area contributed by atoms with Gasteiger partial charge in [-0.3, -0.25) is 0 Å². The molecule has 3 aromatic rings. The molecule has 0 saturated carbocycles. The summed E-state index contributed by atoms with van der Waals surface area (Å²) in [5.74, 6) is 1.33. The first-order valence-corrected chi connectivity index (χ1v) is 7.10. The van der Waals surface area contributed by atoms with Gasteiger partial charge in [-0.05, 0) is 48.3 Å². The van der Waals surface area contributed by atoms with E-state index in [2.05, 4.69) is 16.4 Å². The molecule has 3 rings (SSSR count). The molecule has 0 aliphatic carbocycles. The molecular formula is C17H15ClN2O. The third-order valence-corrected chi connectivity index (χ3v) is 3.49. The van der Waals surface area contributed by atoms with Crippen LogP contribution in [-0.4, -0.2) is 12.0 Å². The van der Waals surface area contributed by atoms with Crippen molar-refractivity contribution in [2.24, 2.45) is 0 Å². The molecular weight excluding hydrogens is 284 g/mol. The zero-order chi connectivity index (χ0) is 14.7. The van der Waals surface area contributed by atoms with Gasteiger partial charge >= 0.3 is 0 Å². The molecule has 1 heterocycles. The van der Waals surface area contributed by atoms with E-state index < -0.39 is 0 Å². The van der Waals surface area contributed by atoms with Crippen molar-refractivity contribution < 1.29 is 4.74 Å². The number of halogens is 1. The summed E-state index contributed by atoms with van der Waals surface area (Å²) in [7, 11) is 1.92. The number of ether oxygens (including phenoxy) is 1. The van der Waals surface area contributed by atoms with E-state index in [1.165, 1.54) is 0 Å². The molecule has 3 nitrogen and oxygen atoms in total. The quantitative estimate of drug-likeness (QED) is 0.775. The Morgan fingerprint density at radius 1 is 1.05 bits per heavy atom. The van der Waals surface area contributed by atoms with Crippen LogP contribution in [0.1, 0.15) is 5.56 Å². The van der Waals surface area contributed by atoms with E-state index in [1.807, 2.05) is 43.6 Å². The highest BCUT2D eigenvalue weighted by atomic mass is 35.5. The smallest absolute Gasteiger partial charge is 0.227 e. The number of fused-ring (bicyclic) bond motifs is 1. The topological polar surface area (TPSA) is 34.2 Å². The van der Waals surface area contributed by atoms with E-state index in [9.17, 15) is 0 Å². The molecule has 0 saturated heterocycles. The maximum atomic E-state index is 5.89. The standard InChI is InChI=1S/C17H15ClN2O/c1-19-10-12-11-20-17(16-5-3-2-4-15(12)16)21-14-8-6-13(18)7-9-14/h2-9,11,19H,10H2,1H3. The van der Waals surface area contributed by atoms with Gasteiger partial charge in [-0.15, -0.1) is 0 Å². The van der Waals surface area contributed by atoms with E-state index in [4.69, 9.17) is 16.3 Å². The number of nitrogens with zero attached hydrogens (tertiary/aromatic N) is 1. The fourth-order valence-corrected chi connectivity index (χ4v) is 2.38. The van der Waals surface area contributed by atoms with Gasteiger partial charge in [0.25, 0.3) is 0 Å². The second kappa shape index (κ2) is 6.12. The van der Waals surface area contributed by atoms with Crippen molar-refractivity contribution in [3.05, 3.63) is 65.3 Å². The van der Waals surface area contributed by atoms with Crippen LogP contribution in [-0.2, 0) is 6.54 Å². The van der Waals surface area contributed by atoms with Crippen LogP contribution < -0.4 is 10.1 Å². The summed E-state index contributed by atoms with van der Waals surface area (Å²) in [6.07, 6.45) is 1.85. The number of benzene rings is 2. The molecule has 0 fully saturated rings. The van der Waals surface area contributed by atoms with Crippen molar-refractivity contribution >= 4 is 22.4 Å². The molecule has 1 N–H and O–H groups in total. The molecule has 0 radical (unpaired) electrons. The highest BCUT2D eigenvalue weighted by molar-refractivity contribution is 6.30. The van der Waals surface area contributed by atoms with E-state index in [-0.39, 0.29) is 0 Å². The minimum atomic E-state index is 0.604. The van der Waals surface area contributed by atoms with Gasteiger partial charge in [-0.1, -0.05) is 29.8 Å². The average molecular weight is 299 g/mol. The molecule has 0 spiro atoms. The number of pyridine rings is 1. The van der Waals surface area contributed by atoms with E-state index in [1.54, 1.807) is 12.1 Å². The van der Waals surface area contributed by atoms with Gasteiger partial charge in [-0.2, -0.15) is 0 Å². The molecule has 0 aliphatic rings. The normalized spacial score (nSPS) is 10.8. The van der Waals surface area contributed by atoms with Gasteiger partial charge in [0, 0.05) is 23.2 Å². The van der Waals surface area contributed by atoms with Gasteiger partial charge in [0.2, 0.25) is 5.88 Å². The number of nitrogens with one attached hydrogen (secondary N) is 1. The fraction of sp³-hybridized carbons (Fsp3) is 0.118. The third-order valence-electron chi connectivity index (χ3n) is 3.24. The first-order chi connectivity index (χ1) is 10.3. The van der Waals surface area contributed by atoms with E-state index in [0.717, 1.165) is 28.6 Å². The van der Waals surface area contributed by atoms with Crippen molar-refractivity contribution in [2.75, 3.05) is 7.05 Å². The van der Waals surface area contributed by atoms with Crippen LogP contribution in [0.25, 0.3) is 10.8 Å². The minimum Gasteiger partial charge on any atom is -0.438 e. The summed E-state index contributed by atoms with van der Waals surface area (Å²) < 4.78 is 5.89. The van der Waals surface area contributed by atoms with Crippen LogP contribution in [0.4, 0.5) is 0 Å². The first-order valence-electron chi connectivity index (χ1n) is 6.72. The molecule has 0 atom stereocenters. The molecule has 21 heavy (non-hydrogen) atoms. The van der Waals surface area contributed by atoms with Crippen molar-refractivity contribution in [3.63, 3.8) is 0 Å². The second-order valence-electron chi connectivity index (χ2n) is 4.72. The van der Waals surface area contributed by atoms with Crippen LogP contribution >= 0.6 is 11.6 Å². The molecule has 0 unspecified atom stereocenters. The Morgan fingerprint density at radius 2 is 1.76 bits per heavy atom. The zero-order valence-electron chi connectivity index (χ0n) is 11.6. The Morgan fingerprint density at radius 3 is 2.48 bits per heavy atom. The zero-order valence-corrected chi connectivity index (χ0v) is 12.4. The largest absolute Gasteiger partial charge is 0.438 e. The predicted molar refractivity (Wildman–Crippen MR) is 86.0 cm³/mol. The second-order valence-corrected chi connectivity index (χ2v) is 5.16. The number of hydrogen-bond donors (Lipinski definition) is 1. The molecule has 2 aromatic carbocycles. The Balaban J connectivity index is 2.03. The molecule has 106 valence electrons. The summed E-state index contributed by atoms with van der Waals surface area (Å²) in [5, 5.41) is 5.99. The van der Waals surface area contributed by atoms with Crippen molar-refractivity contribution in [2.45, 2.75) is 6.54 Å². The maximum absolute atomic E-state index is 5.89. The van der Waals surface area contributed by atoms with Crippen molar-refractivity contribution in [1.29, 1.82) is 0 Å². The lowest BCUT2D eigenvalue weighted by molar-refractivity contribution is 0.469. The fourth-order valence-electron chi connectivity index (χ4n) is 2.25. The maximum Gasteiger partial charge on any atom is 0.227 e. The SMILES string of the molecule is CNCc1cnc(Oc2ccc(Cl)cc2)c2ccccc12. The minimum absolute atomic E-state index is 0.604. The summed E-state index contributed by atoms with van der Waals surface area (Å²) in [5.41, 5.74) is 1.15.